The monoisotopic (exact) mass is 220 g/mol. The highest BCUT2D eigenvalue weighted by Gasteiger charge is 2.19. The number of nitrogens with zero attached hydrogens (tertiary/aromatic N) is 3. The molecular weight excluding hydrogens is 200 g/mol. The van der Waals surface area contributed by atoms with Gasteiger partial charge in [-0.15, -0.1) is 0 Å². The van der Waals surface area contributed by atoms with Crippen LogP contribution in [0.2, 0.25) is 0 Å². The average Bonchev–Trinajstić information content (AvgIpc) is 2.29. The van der Waals surface area contributed by atoms with Crippen LogP contribution >= 0.6 is 0 Å². The van der Waals surface area contributed by atoms with Gasteiger partial charge in [-0.25, -0.2) is 9.97 Å². The van der Waals surface area contributed by atoms with E-state index in [1.165, 1.54) is 24.1 Å². The Balaban J connectivity index is 2.26. The van der Waals surface area contributed by atoms with Gasteiger partial charge in [-0.3, -0.25) is 0 Å². The molecule has 0 saturated heterocycles. The fourth-order valence-corrected chi connectivity index (χ4v) is 2.24. The molecule has 1 unspecified atom stereocenters. The number of rotatable bonds is 3. The highest BCUT2D eigenvalue weighted by molar-refractivity contribution is 5.34. The molecule has 1 atom stereocenters. The van der Waals surface area contributed by atoms with Gasteiger partial charge in [0, 0.05) is 26.3 Å². The maximum atomic E-state index is 5.53. The maximum Gasteiger partial charge on any atom is 0.225 e. The molecule has 4 heteroatoms. The van der Waals surface area contributed by atoms with Crippen LogP contribution in [0.15, 0.2) is 6.20 Å². The summed E-state index contributed by atoms with van der Waals surface area (Å²) in [5.41, 5.74) is 8.09. The molecule has 1 aliphatic rings. The van der Waals surface area contributed by atoms with Crippen LogP contribution in [-0.2, 0) is 6.42 Å². The molecule has 2 N–H and O–H groups in total. The predicted molar refractivity (Wildman–Crippen MR) is 65.7 cm³/mol. The van der Waals surface area contributed by atoms with E-state index in [0.29, 0.717) is 12.5 Å². The molecule has 0 bridgehead atoms. The van der Waals surface area contributed by atoms with E-state index in [1.54, 1.807) is 0 Å². The van der Waals surface area contributed by atoms with Crippen LogP contribution in [0.3, 0.4) is 0 Å². The molecule has 4 nitrogen and oxygen atoms in total. The van der Waals surface area contributed by atoms with Crippen LogP contribution in [0.25, 0.3) is 0 Å². The van der Waals surface area contributed by atoms with Gasteiger partial charge in [0.25, 0.3) is 0 Å². The van der Waals surface area contributed by atoms with E-state index in [1.807, 2.05) is 18.1 Å². The second kappa shape index (κ2) is 4.78. The summed E-state index contributed by atoms with van der Waals surface area (Å²) in [5, 5.41) is 0. The molecule has 1 aromatic heterocycles. The van der Waals surface area contributed by atoms with Crippen molar-refractivity contribution in [2.75, 3.05) is 25.0 Å². The van der Waals surface area contributed by atoms with Crippen molar-refractivity contribution in [3.8, 4) is 0 Å². The standard InChI is InChI=1S/C12H20N4/c1-9-4-3-5-10-8-14-12(15-11(9)10)16(2)7-6-13/h8-9H,3-7,13H2,1-2H3. The normalized spacial score (nSPS) is 19.3. The van der Waals surface area contributed by atoms with Crippen molar-refractivity contribution in [1.29, 1.82) is 0 Å². The molecule has 0 radical (unpaired) electrons. The van der Waals surface area contributed by atoms with Crippen LogP contribution in [0.4, 0.5) is 5.95 Å². The number of hydrogen-bond donors (Lipinski definition) is 1. The molecule has 1 aromatic rings. The summed E-state index contributed by atoms with van der Waals surface area (Å²) < 4.78 is 0. The van der Waals surface area contributed by atoms with Crippen molar-refractivity contribution < 1.29 is 0 Å². The molecule has 0 fully saturated rings. The van der Waals surface area contributed by atoms with Gasteiger partial charge in [-0.1, -0.05) is 6.92 Å². The first-order chi connectivity index (χ1) is 7.72. The number of hydrogen-bond acceptors (Lipinski definition) is 4. The Morgan fingerprint density at radius 1 is 1.56 bits per heavy atom. The van der Waals surface area contributed by atoms with Crippen molar-refractivity contribution in [2.24, 2.45) is 5.73 Å². The minimum Gasteiger partial charge on any atom is -0.343 e. The first-order valence-electron chi connectivity index (χ1n) is 5.99. The Hall–Kier alpha value is -1.16. The lowest BCUT2D eigenvalue weighted by Gasteiger charge is -2.23. The van der Waals surface area contributed by atoms with Gasteiger partial charge < -0.3 is 10.6 Å². The lowest BCUT2D eigenvalue weighted by Crippen LogP contribution is -2.27. The van der Waals surface area contributed by atoms with E-state index in [0.717, 1.165) is 18.9 Å². The third-order valence-electron chi connectivity index (χ3n) is 3.24. The van der Waals surface area contributed by atoms with Crippen molar-refractivity contribution in [3.63, 3.8) is 0 Å². The Morgan fingerprint density at radius 3 is 3.12 bits per heavy atom. The maximum absolute atomic E-state index is 5.53. The van der Waals surface area contributed by atoms with E-state index in [2.05, 4.69) is 16.9 Å². The summed E-state index contributed by atoms with van der Waals surface area (Å²) in [6.07, 6.45) is 5.61. The van der Waals surface area contributed by atoms with Crippen LogP contribution in [0.1, 0.15) is 36.9 Å². The first kappa shape index (κ1) is 11.3. The number of nitrogens with two attached hydrogens (primary N) is 1. The minimum absolute atomic E-state index is 0.566. The fourth-order valence-electron chi connectivity index (χ4n) is 2.24. The fraction of sp³-hybridized carbons (Fsp3) is 0.667. The summed E-state index contributed by atoms with van der Waals surface area (Å²) in [7, 11) is 1.99. The first-order valence-corrected chi connectivity index (χ1v) is 5.99. The zero-order valence-corrected chi connectivity index (χ0v) is 10.1. The number of fused-ring (bicyclic) bond motifs is 1. The number of likely N-dealkylation sites (N-methyl/N-ethyl adjacent to an activating group) is 1. The summed E-state index contributed by atoms with van der Waals surface area (Å²) >= 11 is 0. The van der Waals surface area contributed by atoms with Gasteiger partial charge in [-0.2, -0.15) is 0 Å². The van der Waals surface area contributed by atoms with Gasteiger partial charge in [-0.05, 0) is 30.7 Å². The van der Waals surface area contributed by atoms with E-state index < -0.39 is 0 Å². The molecule has 88 valence electrons. The summed E-state index contributed by atoms with van der Waals surface area (Å²) in [4.78, 5) is 11.1. The topological polar surface area (TPSA) is 55.0 Å². The van der Waals surface area contributed by atoms with Crippen LogP contribution in [0, 0.1) is 0 Å². The van der Waals surface area contributed by atoms with Gasteiger partial charge in [0.05, 0.1) is 5.69 Å². The van der Waals surface area contributed by atoms with Crippen LogP contribution < -0.4 is 10.6 Å². The molecule has 2 rings (SSSR count). The van der Waals surface area contributed by atoms with E-state index in [4.69, 9.17) is 5.73 Å². The smallest absolute Gasteiger partial charge is 0.225 e. The van der Waals surface area contributed by atoms with Gasteiger partial charge in [0.1, 0.15) is 0 Å². The molecule has 0 saturated carbocycles. The highest BCUT2D eigenvalue weighted by Crippen LogP contribution is 2.29. The van der Waals surface area contributed by atoms with Gasteiger partial charge in [0.15, 0.2) is 0 Å². The van der Waals surface area contributed by atoms with Gasteiger partial charge in [0.2, 0.25) is 5.95 Å². The van der Waals surface area contributed by atoms with E-state index in [-0.39, 0.29) is 0 Å². The second-order valence-electron chi connectivity index (χ2n) is 4.58. The molecule has 0 aliphatic heterocycles. The van der Waals surface area contributed by atoms with Crippen molar-refractivity contribution >= 4 is 5.95 Å². The lowest BCUT2D eigenvalue weighted by atomic mass is 9.89. The second-order valence-corrected chi connectivity index (χ2v) is 4.58. The largest absolute Gasteiger partial charge is 0.343 e. The van der Waals surface area contributed by atoms with Crippen molar-refractivity contribution in [1.82, 2.24) is 9.97 Å². The minimum atomic E-state index is 0.566. The number of aromatic nitrogens is 2. The van der Waals surface area contributed by atoms with E-state index in [9.17, 15) is 0 Å². The SMILES string of the molecule is CC1CCCc2cnc(N(C)CCN)nc21. The Morgan fingerprint density at radius 2 is 2.38 bits per heavy atom. The molecule has 16 heavy (non-hydrogen) atoms. The molecular formula is C12H20N4. The van der Waals surface area contributed by atoms with Crippen molar-refractivity contribution in [2.45, 2.75) is 32.1 Å². The predicted octanol–water partition coefficient (Wildman–Crippen LogP) is 1.31. The molecule has 0 amide bonds. The Kier molecular flexibility index (Phi) is 3.39. The summed E-state index contributed by atoms with van der Waals surface area (Å²) in [5.74, 6) is 1.37. The number of aryl methyl sites for hydroxylation is 1. The zero-order chi connectivity index (χ0) is 11.5. The zero-order valence-electron chi connectivity index (χ0n) is 10.1. The summed E-state index contributed by atoms with van der Waals surface area (Å²) in [6, 6.07) is 0. The molecule has 0 aromatic carbocycles. The van der Waals surface area contributed by atoms with Crippen molar-refractivity contribution in [3.05, 3.63) is 17.5 Å². The van der Waals surface area contributed by atoms with Crippen LogP contribution in [-0.4, -0.2) is 30.1 Å². The lowest BCUT2D eigenvalue weighted by molar-refractivity contribution is 0.569. The summed E-state index contributed by atoms with van der Waals surface area (Å²) in [6.45, 7) is 3.68. The third-order valence-corrected chi connectivity index (χ3v) is 3.24. The Labute approximate surface area is 96.9 Å². The quantitative estimate of drug-likeness (QED) is 0.834. The average molecular weight is 220 g/mol. The third kappa shape index (κ3) is 2.16. The van der Waals surface area contributed by atoms with Crippen LogP contribution in [0.5, 0.6) is 0 Å². The number of anilines is 1. The molecule has 1 aliphatic carbocycles. The van der Waals surface area contributed by atoms with E-state index >= 15 is 0 Å². The van der Waals surface area contributed by atoms with Gasteiger partial charge >= 0.3 is 0 Å². The molecule has 1 heterocycles. The Bertz CT molecular complexity index is 364. The highest BCUT2D eigenvalue weighted by atomic mass is 15.2. The molecule has 0 spiro atoms.